The summed E-state index contributed by atoms with van der Waals surface area (Å²) < 4.78 is 26.3. The fourth-order valence-corrected chi connectivity index (χ4v) is 5.46. The number of amides is 1. The van der Waals surface area contributed by atoms with E-state index in [-0.39, 0.29) is 24.0 Å². The summed E-state index contributed by atoms with van der Waals surface area (Å²) in [4.78, 5) is 25.3. The van der Waals surface area contributed by atoms with Crippen molar-refractivity contribution in [2.24, 2.45) is 5.92 Å². The molecular formula is C16H28N2O5S. The second-order valence-electron chi connectivity index (χ2n) is 6.80. The van der Waals surface area contributed by atoms with Gasteiger partial charge < -0.3 is 10.0 Å². The van der Waals surface area contributed by atoms with Crippen LogP contribution in [0.25, 0.3) is 0 Å². The summed E-state index contributed by atoms with van der Waals surface area (Å²) in [7, 11) is -3.37. The normalized spacial score (nSPS) is 23.5. The van der Waals surface area contributed by atoms with Crippen molar-refractivity contribution in [1.29, 1.82) is 0 Å². The Balaban J connectivity index is 1.95. The Bertz CT molecular complexity index is 555. The van der Waals surface area contributed by atoms with Gasteiger partial charge in [-0.3, -0.25) is 9.59 Å². The Kier molecular flexibility index (Phi) is 6.62. The lowest BCUT2D eigenvalue weighted by Gasteiger charge is -2.35. The van der Waals surface area contributed by atoms with Crippen LogP contribution < -0.4 is 0 Å². The van der Waals surface area contributed by atoms with Gasteiger partial charge in [0.2, 0.25) is 15.9 Å². The Hall–Kier alpha value is -1.15. The molecule has 1 atom stereocenters. The van der Waals surface area contributed by atoms with Crippen LogP contribution in [0.1, 0.15) is 51.9 Å². The lowest BCUT2D eigenvalue weighted by Crippen LogP contribution is -2.50. The highest BCUT2D eigenvalue weighted by molar-refractivity contribution is 7.89. The van der Waals surface area contributed by atoms with Gasteiger partial charge in [0.05, 0.1) is 5.75 Å². The summed E-state index contributed by atoms with van der Waals surface area (Å²) in [5, 5.41) is 8.85. The van der Waals surface area contributed by atoms with E-state index in [4.69, 9.17) is 5.11 Å². The molecule has 1 amide bonds. The average molecular weight is 360 g/mol. The molecule has 2 saturated heterocycles. The molecule has 8 heteroatoms. The van der Waals surface area contributed by atoms with E-state index >= 15 is 0 Å². The summed E-state index contributed by atoms with van der Waals surface area (Å²) in [5.74, 6) is -0.696. The maximum absolute atomic E-state index is 12.8. The van der Waals surface area contributed by atoms with Crippen LogP contribution >= 0.6 is 0 Å². The molecule has 2 aliphatic heterocycles. The molecule has 2 heterocycles. The van der Waals surface area contributed by atoms with Gasteiger partial charge in [-0.05, 0) is 38.0 Å². The molecule has 0 aromatic rings. The van der Waals surface area contributed by atoms with Gasteiger partial charge >= 0.3 is 5.97 Å². The van der Waals surface area contributed by atoms with E-state index in [1.807, 2.05) is 6.92 Å². The molecule has 2 fully saturated rings. The minimum absolute atomic E-state index is 0.105. The highest BCUT2D eigenvalue weighted by atomic mass is 32.2. The molecule has 2 aliphatic rings. The quantitative estimate of drug-likeness (QED) is 0.738. The first-order valence-corrected chi connectivity index (χ1v) is 10.5. The second kappa shape index (κ2) is 8.29. The Morgan fingerprint density at radius 1 is 1.12 bits per heavy atom. The summed E-state index contributed by atoms with van der Waals surface area (Å²) in [6.07, 6.45) is 4.21. The Morgan fingerprint density at radius 2 is 1.79 bits per heavy atom. The minimum Gasteiger partial charge on any atom is -0.481 e. The zero-order valence-electron chi connectivity index (χ0n) is 14.3. The maximum atomic E-state index is 12.8. The van der Waals surface area contributed by atoms with Gasteiger partial charge in [-0.2, -0.15) is 4.31 Å². The zero-order chi connectivity index (χ0) is 17.7. The van der Waals surface area contributed by atoms with E-state index in [2.05, 4.69) is 0 Å². The topological polar surface area (TPSA) is 95.0 Å². The number of carbonyl (C=O) groups excluding carboxylic acids is 1. The van der Waals surface area contributed by atoms with Crippen molar-refractivity contribution in [2.45, 2.75) is 57.9 Å². The van der Waals surface area contributed by atoms with Crippen LogP contribution in [-0.4, -0.2) is 66.0 Å². The number of carboxylic acid groups (broad SMARTS) is 1. The first-order chi connectivity index (χ1) is 11.3. The molecule has 1 unspecified atom stereocenters. The van der Waals surface area contributed by atoms with E-state index in [9.17, 15) is 18.0 Å². The molecule has 0 radical (unpaired) electrons. The monoisotopic (exact) mass is 360 g/mol. The number of piperidine rings is 1. The number of sulfonamides is 1. The van der Waals surface area contributed by atoms with Crippen molar-refractivity contribution >= 4 is 21.9 Å². The van der Waals surface area contributed by atoms with Crippen molar-refractivity contribution in [3.63, 3.8) is 0 Å². The first kappa shape index (κ1) is 19.2. The van der Waals surface area contributed by atoms with Crippen LogP contribution in [0, 0.1) is 5.92 Å². The van der Waals surface area contributed by atoms with Crippen molar-refractivity contribution in [3.05, 3.63) is 0 Å². The molecule has 0 aliphatic carbocycles. The third kappa shape index (κ3) is 4.69. The van der Waals surface area contributed by atoms with Gasteiger partial charge in [0.1, 0.15) is 6.04 Å². The van der Waals surface area contributed by atoms with E-state index in [1.54, 1.807) is 4.90 Å². The predicted molar refractivity (Wildman–Crippen MR) is 90.0 cm³/mol. The summed E-state index contributed by atoms with van der Waals surface area (Å²) in [6.45, 7) is 3.42. The number of hydrogen-bond donors (Lipinski definition) is 1. The van der Waals surface area contributed by atoms with Gasteiger partial charge in [0.25, 0.3) is 0 Å². The Morgan fingerprint density at radius 3 is 2.38 bits per heavy atom. The number of unbranched alkanes of at least 4 members (excludes halogenated alkanes) is 1. The van der Waals surface area contributed by atoms with Crippen molar-refractivity contribution in [2.75, 3.05) is 25.4 Å². The van der Waals surface area contributed by atoms with Crippen molar-refractivity contribution in [3.8, 4) is 0 Å². The highest BCUT2D eigenvalue weighted by Gasteiger charge is 2.40. The molecule has 1 N–H and O–H groups in total. The standard InChI is InChI=1S/C16H28N2O5S/c1-2-3-11-24(22,23)18-8-4-5-14(18)16(21)17-9-6-13(7-10-17)12-15(19)20/h13-14H,2-12H2,1H3,(H,19,20). The third-order valence-electron chi connectivity index (χ3n) is 4.99. The minimum atomic E-state index is -3.37. The largest absolute Gasteiger partial charge is 0.481 e. The van der Waals surface area contributed by atoms with Crippen LogP contribution in [0.4, 0.5) is 0 Å². The predicted octanol–water partition coefficient (Wildman–Crippen LogP) is 1.29. The van der Waals surface area contributed by atoms with Crippen LogP contribution in [0.5, 0.6) is 0 Å². The van der Waals surface area contributed by atoms with Gasteiger partial charge in [0, 0.05) is 26.1 Å². The molecule has 0 saturated carbocycles. The van der Waals surface area contributed by atoms with Gasteiger partial charge in [0.15, 0.2) is 0 Å². The van der Waals surface area contributed by atoms with E-state index in [0.717, 1.165) is 12.8 Å². The molecule has 24 heavy (non-hydrogen) atoms. The number of carbonyl (C=O) groups is 2. The van der Waals surface area contributed by atoms with Gasteiger partial charge in [-0.15, -0.1) is 0 Å². The van der Waals surface area contributed by atoms with Crippen LogP contribution in [0.15, 0.2) is 0 Å². The van der Waals surface area contributed by atoms with E-state index in [0.29, 0.717) is 45.3 Å². The number of aliphatic carboxylic acids is 1. The molecule has 0 spiro atoms. The summed E-state index contributed by atoms with van der Waals surface area (Å²) in [5.41, 5.74) is 0. The number of nitrogens with zero attached hydrogens (tertiary/aromatic N) is 2. The lowest BCUT2D eigenvalue weighted by atomic mass is 9.93. The molecule has 138 valence electrons. The fraction of sp³-hybridized carbons (Fsp3) is 0.875. The SMILES string of the molecule is CCCCS(=O)(=O)N1CCCC1C(=O)N1CCC(CC(=O)O)CC1. The molecule has 2 rings (SSSR count). The maximum Gasteiger partial charge on any atom is 0.303 e. The fourth-order valence-electron chi connectivity index (χ4n) is 3.58. The van der Waals surface area contributed by atoms with E-state index < -0.39 is 22.0 Å². The van der Waals surface area contributed by atoms with Crippen LogP contribution in [-0.2, 0) is 19.6 Å². The van der Waals surface area contributed by atoms with Crippen LogP contribution in [0.3, 0.4) is 0 Å². The lowest BCUT2D eigenvalue weighted by molar-refractivity contribution is -0.139. The molecule has 0 aromatic carbocycles. The van der Waals surface area contributed by atoms with Crippen molar-refractivity contribution < 1.29 is 23.1 Å². The number of carboxylic acids is 1. The first-order valence-electron chi connectivity index (χ1n) is 8.85. The zero-order valence-corrected chi connectivity index (χ0v) is 15.1. The number of hydrogen-bond acceptors (Lipinski definition) is 4. The number of rotatable bonds is 7. The van der Waals surface area contributed by atoms with E-state index in [1.165, 1.54) is 4.31 Å². The third-order valence-corrected chi connectivity index (χ3v) is 6.95. The summed E-state index contributed by atoms with van der Waals surface area (Å²) >= 11 is 0. The molecule has 0 bridgehead atoms. The molecular weight excluding hydrogens is 332 g/mol. The molecule has 0 aromatic heterocycles. The van der Waals surface area contributed by atoms with Crippen molar-refractivity contribution in [1.82, 2.24) is 9.21 Å². The summed E-state index contributed by atoms with van der Waals surface area (Å²) in [6, 6.07) is -0.567. The average Bonchev–Trinajstić information content (AvgIpc) is 3.03. The molecule has 7 nitrogen and oxygen atoms in total. The van der Waals surface area contributed by atoms with Crippen LogP contribution in [0.2, 0.25) is 0 Å². The Labute approximate surface area is 144 Å². The second-order valence-corrected chi connectivity index (χ2v) is 8.85. The highest BCUT2D eigenvalue weighted by Crippen LogP contribution is 2.27. The number of likely N-dealkylation sites (tertiary alicyclic amines) is 1. The van der Waals surface area contributed by atoms with Gasteiger partial charge in [-0.1, -0.05) is 13.3 Å². The smallest absolute Gasteiger partial charge is 0.303 e. The van der Waals surface area contributed by atoms with Gasteiger partial charge in [-0.25, -0.2) is 8.42 Å².